The van der Waals surface area contributed by atoms with E-state index in [4.69, 9.17) is 5.11 Å². The fourth-order valence-corrected chi connectivity index (χ4v) is 1.74. The number of carboxylic acid groups (broad SMARTS) is 1. The minimum absolute atomic E-state index is 0.126. The number of rotatable bonds is 4. The van der Waals surface area contributed by atoms with Crippen molar-refractivity contribution in [1.82, 2.24) is 0 Å². The third kappa shape index (κ3) is 3.55. The Kier molecular flexibility index (Phi) is 4.40. The van der Waals surface area contributed by atoms with Gasteiger partial charge in [0.15, 0.2) is 0 Å². The molecular weight excluding hydrogens is 283 g/mol. The van der Waals surface area contributed by atoms with Gasteiger partial charge in [-0.1, -0.05) is 15.9 Å². The van der Waals surface area contributed by atoms with Crippen molar-refractivity contribution in [3.05, 3.63) is 34.1 Å². The van der Waals surface area contributed by atoms with E-state index in [0.29, 0.717) is 4.47 Å². The fraction of sp³-hybridized carbons (Fsp3) is 0.300. The van der Waals surface area contributed by atoms with Gasteiger partial charge in [-0.3, -0.25) is 4.79 Å². The Labute approximate surface area is 99.5 Å². The second-order valence-corrected chi connectivity index (χ2v) is 4.23. The normalized spacial score (nSPS) is 14.5. The van der Waals surface area contributed by atoms with Crippen molar-refractivity contribution in [2.75, 3.05) is 0 Å². The largest absolute Gasteiger partial charge is 0.481 e. The third-order valence-corrected chi connectivity index (χ3v) is 2.43. The SMILES string of the molecule is O=C(O)CC(O)C(O)c1cc(F)cc(Br)c1. The van der Waals surface area contributed by atoms with Crippen LogP contribution in [0.4, 0.5) is 4.39 Å². The van der Waals surface area contributed by atoms with Gasteiger partial charge in [0.05, 0.1) is 12.5 Å². The van der Waals surface area contributed by atoms with E-state index in [9.17, 15) is 19.4 Å². The number of aliphatic hydroxyl groups is 2. The molecule has 88 valence electrons. The zero-order chi connectivity index (χ0) is 12.3. The second-order valence-electron chi connectivity index (χ2n) is 3.31. The number of carboxylic acids is 1. The van der Waals surface area contributed by atoms with Crippen LogP contribution in [0, 0.1) is 5.82 Å². The van der Waals surface area contributed by atoms with Gasteiger partial charge in [-0.25, -0.2) is 4.39 Å². The second kappa shape index (κ2) is 5.38. The maximum atomic E-state index is 13.0. The van der Waals surface area contributed by atoms with Crippen molar-refractivity contribution in [2.24, 2.45) is 0 Å². The van der Waals surface area contributed by atoms with Crippen LogP contribution in [0.5, 0.6) is 0 Å². The topological polar surface area (TPSA) is 77.8 Å². The molecule has 16 heavy (non-hydrogen) atoms. The molecule has 1 aromatic rings. The van der Waals surface area contributed by atoms with E-state index in [2.05, 4.69) is 15.9 Å². The quantitative estimate of drug-likeness (QED) is 0.785. The molecule has 2 unspecified atom stereocenters. The van der Waals surface area contributed by atoms with E-state index >= 15 is 0 Å². The Bertz CT molecular complexity index is 376. The molecule has 2 atom stereocenters. The van der Waals surface area contributed by atoms with Gasteiger partial charge < -0.3 is 15.3 Å². The first-order valence-electron chi connectivity index (χ1n) is 4.44. The molecule has 0 aliphatic heterocycles. The summed E-state index contributed by atoms with van der Waals surface area (Å²) in [5, 5.41) is 27.4. The van der Waals surface area contributed by atoms with E-state index < -0.39 is 30.4 Å². The van der Waals surface area contributed by atoms with Crippen LogP contribution in [0.15, 0.2) is 22.7 Å². The molecule has 0 bridgehead atoms. The van der Waals surface area contributed by atoms with Crippen molar-refractivity contribution in [1.29, 1.82) is 0 Å². The van der Waals surface area contributed by atoms with Crippen LogP contribution in [-0.4, -0.2) is 27.4 Å². The van der Waals surface area contributed by atoms with Crippen molar-refractivity contribution in [3.8, 4) is 0 Å². The Morgan fingerprint density at radius 2 is 2.00 bits per heavy atom. The molecule has 0 aliphatic carbocycles. The molecule has 0 saturated heterocycles. The third-order valence-electron chi connectivity index (χ3n) is 1.97. The highest BCUT2D eigenvalue weighted by molar-refractivity contribution is 9.10. The first kappa shape index (κ1) is 13.1. The summed E-state index contributed by atoms with van der Waals surface area (Å²) in [6.07, 6.45) is -3.50. The molecular formula is C10H10BrFO4. The van der Waals surface area contributed by atoms with Crippen LogP contribution in [0.3, 0.4) is 0 Å². The number of hydrogen-bond acceptors (Lipinski definition) is 3. The Hall–Kier alpha value is -0.980. The van der Waals surface area contributed by atoms with E-state index in [0.717, 1.165) is 6.07 Å². The molecule has 0 radical (unpaired) electrons. The van der Waals surface area contributed by atoms with Gasteiger partial charge in [-0.05, 0) is 23.8 Å². The van der Waals surface area contributed by atoms with Crippen molar-refractivity contribution in [3.63, 3.8) is 0 Å². The molecule has 0 aromatic heterocycles. The van der Waals surface area contributed by atoms with Gasteiger partial charge in [0.25, 0.3) is 0 Å². The van der Waals surface area contributed by atoms with Gasteiger partial charge in [0, 0.05) is 4.47 Å². The minimum Gasteiger partial charge on any atom is -0.481 e. The van der Waals surface area contributed by atoms with Crippen LogP contribution >= 0.6 is 15.9 Å². The first-order chi connectivity index (χ1) is 7.40. The summed E-state index contributed by atoms with van der Waals surface area (Å²) < 4.78 is 13.4. The summed E-state index contributed by atoms with van der Waals surface area (Å²) in [7, 11) is 0. The highest BCUT2D eigenvalue weighted by Crippen LogP contribution is 2.23. The predicted molar refractivity (Wildman–Crippen MR) is 57.3 cm³/mol. The summed E-state index contributed by atoms with van der Waals surface area (Å²) in [5.74, 6) is -1.81. The maximum Gasteiger partial charge on any atom is 0.306 e. The average Bonchev–Trinajstić information content (AvgIpc) is 2.13. The molecule has 0 saturated carbocycles. The molecule has 0 amide bonds. The molecule has 1 rings (SSSR count). The Morgan fingerprint density at radius 3 is 2.50 bits per heavy atom. The summed E-state index contributed by atoms with van der Waals surface area (Å²) in [5.41, 5.74) is 0.126. The molecule has 3 N–H and O–H groups in total. The summed E-state index contributed by atoms with van der Waals surface area (Å²) in [6.45, 7) is 0. The predicted octanol–water partition coefficient (Wildman–Crippen LogP) is 1.46. The summed E-state index contributed by atoms with van der Waals surface area (Å²) in [6, 6.07) is 3.65. The number of halogens is 2. The summed E-state index contributed by atoms with van der Waals surface area (Å²) >= 11 is 3.03. The Balaban J connectivity index is 2.86. The van der Waals surface area contributed by atoms with Crippen LogP contribution in [-0.2, 0) is 4.79 Å². The number of hydrogen-bond donors (Lipinski definition) is 3. The highest BCUT2D eigenvalue weighted by Gasteiger charge is 2.21. The van der Waals surface area contributed by atoms with Gasteiger partial charge in [0.1, 0.15) is 11.9 Å². The lowest BCUT2D eigenvalue weighted by atomic mass is 10.0. The van der Waals surface area contributed by atoms with Crippen LogP contribution in [0.25, 0.3) is 0 Å². The number of benzene rings is 1. The number of carbonyl (C=O) groups is 1. The van der Waals surface area contributed by atoms with Gasteiger partial charge in [0.2, 0.25) is 0 Å². The Morgan fingerprint density at radius 1 is 1.38 bits per heavy atom. The molecule has 0 heterocycles. The molecule has 0 spiro atoms. The molecule has 0 fully saturated rings. The zero-order valence-electron chi connectivity index (χ0n) is 8.10. The van der Waals surface area contributed by atoms with E-state index in [-0.39, 0.29) is 5.56 Å². The lowest BCUT2D eigenvalue weighted by Gasteiger charge is -2.16. The van der Waals surface area contributed by atoms with Crippen LogP contribution in [0.2, 0.25) is 0 Å². The minimum atomic E-state index is -1.47. The van der Waals surface area contributed by atoms with E-state index in [1.807, 2.05) is 0 Å². The zero-order valence-corrected chi connectivity index (χ0v) is 9.69. The number of aliphatic hydroxyl groups excluding tert-OH is 2. The van der Waals surface area contributed by atoms with Crippen LogP contribution in [0.1, 0.15) is 18.1 Å². The lowest BCUT2D eigenvalue weighted by molar-refractivity contribution is -0.141. The van der Waals surface area contributed by atoms with Crippen molar-refractivity contribution < 1.29 is 24.5 Å². The standard InChI is InChI=1S/C10H10BrFO4/c11-6-1-5(2-7(12)3-6)10(16)8(13)4-9(14)15/h1-3,8,10,13,16H,4H2,(H,14,15). The summed E-state index contributed by atoms with van der Waals surface area (Å²) in [4.78, 5) is 10.3. The monoisotopic (exact) mass is 292 g/mol. The molecule has 4 nitrogen and oxygen atoms in total. The van der Waals surface area contributed by atoms with Gasteiger partial charge in [-0.15, -0.1) is 0 Å². The smallest absolute Gasteiger partial charge is 0.306 e. The van der Waals surface area contributed by atoms with Gasteiger partial charge >= 0.3 is 5.97 Å². The fourth-order valence-electron chi connectivity index (χ4n) is 1.26. The van der Waals surface area contributed by atoms with Crippen LogP contribution < -0.4 is 0 Å². The lowest BCUT2D eigenvalue weighted by Crippen LogP contribution is -2.21. The van der Waals surface area contributed by atoms with Gasteiger partial charge in [-0.2, -0.15) is 0 Å². The maximum absolute atomic E-state index is 13.0. The van der Waals surface area contributed by atoms with Crippen molar-refractivity contribution >= 4 is 21.9 Å². The first-order valence-corrected chi connectivity index (χ1v) is 5.23. The average molecular weight is 293 g/mol. The molecule has 6 heteroatoms. The van der Waals surface area contributed by atoms with E-state index in [1.165, 1.54) is 12.1 Å². The molecule has 1 aromatic carbocycles. The number of aliphatic carboxylic acids is 1. The highest BCUT2D eigenvalue weighted by atomic mass is 79.9. The van der Waals surface area contributed by atoms with E-state index in [1.54, 1.807) is 0 Å². The van der Waals surface area contributed by atoms with Crippen molar-refractivity contribution in [2.45, 2.75) is 18.6 Å². The molecule has 0 aliphatic rings.